The predicted molar refractivity (Wildman–Crippen MR) is 55.8 cm³/mol. The van der Waals surface area contributed by atoms with E-state index in [4.69, 9.17) is 0 Å². The van der Waals surface area contributed by atoms with Crippen LogP contribution < -0.4 is 4.90 Å². The van der Waals surface area contributed by atoms with E-state index in [1.165, 1.54) is 0 Å². The van der Waals surface area contributed by atoms with Gasteiger partial charge in [0.05, 0.1) is 5.56 Å². The van der Waals surface area contributed by atoms with E-state index < -0.39 is 0 Å². The molecule has 1 amide bonds. The van der Waals surface area contributed by atoms with Crippen LogP contribution in [0, 0.1) is 0 Å². The summed E-state index contributed by atoms with van der Waals surface area (Å²) in [5.41, 5.74) is 0.479. The molecule has 0 unspecified atom stereocenters. The lowest BCUT2D eigenvalue weighted by atomic mass is 10.1. The van der Waals surface area contributed by atoms with Crippen molar-refractivity contribution in [2.45, 2.75) is 19.3 Å². The van der Waals surface area contributed by atoms with Gasteiger partial charge >= 0.3 is 0 Å². The monoisotopic (exact) mass is 204 g/mol. The minimum atomic E-state index is 0.0584. The van der Waals surface area contributed by atoms with Gasteiger partial charge in [-0.15, -0.1) is 0 Å². The average molecular weight is 204 g/mol. The summed E-state index contributed by atoms with van der Waals surface area (Å²) < 4.78 is 0. The summed E-state index contributed by atoms with van der Waals surface area (Å²) in [7, 11) is 0. The van der Waals surface area contributed by atoms with Gasteiger partial charge in [0.25, 0.3) is 0 Å². The van der Waals surface area contributed by atoms with Crippen LogP contribution in [0.3, 0.4) is 0 Å². The second-order valence-corrected chi connectivity index (χ2v) is 3.54. The molecular formula is C11H12N2O2. The largest absolute Gasteiger partial charge is 0.298 e. The predicted octanol–water partition coefficient (Wildman–Crippen LogP) is 1.41. The van der Waals surface area contributed by atoms with E-state index in [1.807, 2.05) is 0 Å². The van der Waals surface area contributed by atoms with Crippen LogP contribution >= 0.6 is 0 Å². The van der Waals surface area contributed by atoms with Crippen molar-refractivity contribution in [1.82, 2.24) is 4.98 Å². The fourth-order valence-electron chi connectivity index (χ4n) is 1.76. The molecule has 1 fully saturated rings. The van der Waals surface area contributed by atoms with E-state index in [2.05, 4.69) is 4.98 Å². The minimum absolute atomic E-state index is 0.0584. The topological polar surface area (TPSA) is 50.3 Å². The summed E-state index contributed by atoms with van der Waals surface area (Å²) in [6, 6.07) is 3.37. The van der Waals surface area contributed by atoms with Crippen molar-refractivity contribution in [3.05, 3.63) is 23.9 Å². The number of nitrogens with zero attached hydrogens (tertiary/aromatic N) is 2. The minimum Gasteiger partial charge on any atom is -0.298 e. The van der Waals surface area contributed by atoms with Gasteiger partial charge < -0.3 is 0 Å². The first-order valence-corrected chi connectivity index (χ1v) is 5.03. The second kappa shape index (κ2) is 4.21. The number of rotatable bonds is 2. The Labute approximate surface area is 87.9 Å². The van der Waals surface area contributed by atoms with Crippen molar-refractivity contribution < 1.29 is 9.59 Å². The number of aromatic nitrogens is 1. The molecule has 1 aromatic heterocycles. The van der Waals surface area contributed by atoms with Crippen molar-refractivity contribution in [2.75, 3.05) is 11.4 Å². The smallest absolute Gasteiger partial charge is 0.228 e. The molecule has 0 radical (unpaired) electrons. The maximum absolute atomic E-state index is 11.6. The third-order valence-electron chi connectivity index (χ3n) is 2.52. The van der Waals surface area contributed by atoms with E-state index in [0.29, 0.717) is 24.3 Å². The molecule has 1 aromatic rings. The Kier molecular flexibility index (Phi) is 2.76. The van der Waals surface area contributed by atoms with Gasteiger partial charge in [-0.25, -0.2) is 4.98 Å². The number of aldehydes is 1. The first kappa shape index (κ1) is 9.83. The Morgan fingerprint density at radius 2 is 2.27 bits per heavy atom. The number of piperidine rings is 1. The van der Waals surface area contributed by atoms with Gasteiger partial charge in [0.15, 0.2) is 6.29 Å². The molecule has 2 heterocycles. The number of anilines is 1. The van der Waals surface area contributed by atoms with Gasteiger partial charge in [-0.3, -0.25) is 14.5 Å². The third kappa shape index (κ3) is 1.88. The summed E-state index contributed by atoms with van der Waals surface area (Å²) >= 11 is 0. The Morgan fingerprint density at radius 3 is 3.00 bits per heavy atom. The molecule has 1 saturated heterocycles. The lowest BCUT2D eigenvalue weighted by Crippen LogP contribution is -2.36. The lowest BCUT2D eigenvalue weighted by molar-refractivity contribution is -0.119. The highest BCUT2D eigenvalue weighted by atomic mass is 16.2. The molecule has 78 valence electrons. The Balaban J connectivity index is 2.34. The van der Waals surface area contributed by atoms with Crippen LogP contribution in [0.15, 0.2) is 18.3 Å². The van der Waals surface area contributed by atoms with Gasteiger partial charge in [0, 0.05) is 19.2 Å². The number of carbonyl (C=O) groups excluding carboxylic acids is 2. The normalized spacial score (nSPS) is 16.5. The molecule has 15 heavy (non-hydrogen) atoms. The van der Waals surface area contributed by atoms with E-state index in [1.54, 1.807) is 23.2 Å². The second-order valence-electron chi connectivity index (χ2n) is 3.54. The highest BCUT2D eigenvalue weighted by Crippen LogP contribution is 2.20. The van der Waals surface area contributed by atoms with Gasteiger partial charge in [-0.1, -0.05) is 0 Å². The van der Waals surface area contributed by atoms with Gasteiger partial charge in [-0.2, -0.15) is 0 Å². The van der Waals surface area contributed by atoms with Crippen LogP contribution in [0.4, 0.5) is 5.82 Å². The molecule has 1 aliphatic heterocycles. The van der Waals surface area contributed by atoms with Crippen molar-refractivity contribution in [3.8, 4) is 0 Å². The number of amides is 1. The number of carbonyl (C=O) groups is 2. The zero-order valence-corrected chi connectivity index (χ0v) is 8.35. The first-order valence-electron chi connectivity index (χ1n) is 5.03. The molecule has 1 aliphatic rings. The Morgan fingerprint density at radius 1 is 1.40 bits per heavy atom. The Hall–Kier alpha value is -1.71. The highest BCUT2D eigenvalue weighted by molar-refractivity contribution is 5.97. The van der Waals surface area contributed by atoms with E-state index in [0.717, 1.165) is 19.1 Å². The highest BCUT2D eigenvalue weighted by Gasteiger charge is 2.22. The molecule has 0 aromatic carbocycles. The van der Waals surface area contributed by atoms with Gasteiger partial charge in [-0.05, 0) is 25.0 Å². The average Bonchev–Trinajstić information content (AvgIpc) is 2.30. The molecule has 4 nitrogen and oxygen atoms in total. The molecule has 4 heteroatoms. The summed E-state index contributed by atoms with van der Waals surface area (Å²) in [5, 5.41) is 0. The van der Waals surface area contributed by atoms with Crippen LogP contribution in [-0.2, 0) is 4.79 Å². The fourth-order valence-corrected chi connectivity index (χ4v) is 1.76. The van der Waals surface area contributed by atoms with E-state index in [-0.39, 0.29) is 5.91 Å². The SMILES string of the molecule is O=Cc1cccnc1N1CCCCC1=O. The number of hydrogen-bond donors (Lipinski definition) is 0. The van der Waals surface area contributed by atoms with Crippen LogP contribution in [0.25, 0.3) is 0 Å². The lowest BCUT2D eigenvalue weighted by Gasteiger charge is -2.26. The van der Waals surface area contributed by atoms with Crippen LogP contribution in [0.1, 0.15) is 29.6 Å². The zero-order chi connectivity index (χ0) is 10.7. The number of pyridine rings is 1. The van der Waals surface area contributed by atoms with Crippen LogP contribution in [0.2, 0.25) is 0 Å². The van der Waals surface area contributed by atoms with Gasteiger partial charge in [0.1, 0.15) is 5.82 Å². The molecule has 0 spiro atoms. The first-order chi connectivity index (χ1) is 7.33. The van der Waals surface area contributed by atoms with Crippen molar-refractivity contribution >= 4 is 18.0 Å². The van der Waals surface area contributed by atoms with E-state index in [9.17, 15) is 9.59 Å². The van der Waals surface area contributed by atoms with Crippen molar-refractivity contribution in [3.63, 3.8) is 0 Å². The van der Waals surface area contributed by atoms with E-state index >= 15 is 0 Å². The third-order valence-corrected chi connectivity index (χ3v) is 2.52. The standard InChI is InChI=1S/C11H12N2O2/c14-8-9-4-3-6-12-11(9)13-7-2-1-5-10(13)15/h3-4,6,8H,1-2,5,7H2. The molecule has 0 aliphatic carbocycles. The molecule has 2 rings (SSSR count). The molecule has 0 N–H and O–H groups in total. The van der Waals surface area contributed by atoms with Crippen LogP contribution in [-0.4, -0.2) is 23.7 Å². The summed E-state index contributed by atoms with van der Waals surface area (Å²) in [6.45, 7) is 0.663. The number of hydrogen-bond acceptors (Lipinski definition) is 3. The van der Waals surface area contributed by atoms with Crippen molar-refractivity contribution in [1.29, 1.82) is 0 Å². The molecule has 0 saturated carbocycles. The zero-order valence-electron chi connectivity index (χ0n) is 8.35. The maximum Gasteiger partial charge on any atom is 0.228 e. The summed E-state index contributed by atoms with van der Waals surface area (Å²) in [5.74, 6) is 0.556. The summed E-state index contributed by atoms with van der Waals surface area (Å²) in [6.07, 6.45) is 4.79. The fraction of sp³-hybridized carbons (Fsp3) is 0.364. The van der Waals surface area contributed by atoms with Gasteiger partial charge in [0.2, 0.25) is 5.91 Å². The summed E-state index contributed by atoms with van der Waals surface area (Å²) in [4.78, 5) is 28.1. The molecule has 0 bridgehead atoms. The Bertz CT molecular complexity index is 390. The quantitative estimate of drug-likeness (QED) is 0.684. The van der Waals surface area contributed by atoms with Crippen molar-refractivity contribution in [2.24, 2.45) is 0 Å². The molecular weight excluding hydrogens is 192 g/mol. The maximum atomic E-state index is 11.6. The molecule has 0 atom stereocenters. The van der Waals surface area contributed by atoms with Crippen LogP contribution in [0.5, 0.6) is 0 Å².